The molecule has 0 aliphatic rings. The Labute approximate surface area is 166 Å². The molecule has 1 rings (SSSR count). The number of aliphatic imine (C=N–C) groups is 1. The highest BCUT2D eigenvalue weighted by molar-refractivity contribution is 14.0. The second-order valence-corrected chi connectivity index (χ2v) is 8.91. The molecule has 0 radical (unpaired) electrons. The lowest BCUT2D eigenvalue weighted by atomic mass is 10.3. The Hall–Kier alpha value is -0.420. The molecule has 1 heterocycles. The van der Waals surface area contributed by atoms with Gasteiger partial charge in [-0.05, 0) is 33.6 Å². The van der Waals surface area contributed by atoms with Gasteiger partial charge >= 0.3 is 0 Å². The molecule has 0 amide bonds. The standard InChI is InChI=1S/C15H28N4O2S2.HI/c1-5-16-15(19-12(2)8-10-23(4,20)21)17-9-6-7-14-18-13(3)11-22-14;/h11-12H,5-10H2,1-4H3,(H2,16,17,19);1H. The fourth-order valence-corrected chi connectivity index (χ4v) is 3.55. The Bertz CT molecular complexity index is 602. The van der Waals surface area contributed by atoms with E-state index < -0.39 is 9.84 Å². The van der Waals surface area contributed by atoms with Crippen LogP contribution in [-0.2, 0) is 16.3 Å². The molecule has 140 valence electrons. The maximum atomic E-state index is 11.2. The highest BCUT2D eigenvalue weighted by atomic mass is 127. The first-order valence-corrected chi connectivity index (χ1v) is 10.9. The molecule has 0 saturated carbocycles. The van der Waals surface area contributed by atoms with Gasteiger partial charge in [-0.2, -0.15) is 0 Å². The van der Waals surface area contributed by atoms with E-state index >= 15 is 0 Å². The molecule has 0 aliphatic heterocycles. The Morgan fingerprint density at radius 1 is 1.46 bits per heavy atom. The third-order valence-corrected chi connectivity index (χ3v) is 5.14. The van der Waals surface area contributed by atoms with Crippen LogP contribution < -0.4 is 10.6 Å². The Balaban J connectivity index is 0.00000529. The summed E-state index contributed by atoms with van der Waals surface area (Å²) in [5.41, 5.74) is 1.07. The number of thiazole rings is 1. The van der Waals surface area contributed by atoms with Crippen LogP contribution in [0, 0.1) is 6.92 Å². The Morgan fingerprint density at radius 3 is 2.71 bits per heavy atom. The summed E-state index contributed by atoms with van der Waals surface area (Å²) >= 11 is 1.69. The summed E-state index contributed by atoms with van der Waals surface area (Å²) in [6, 6.07) is 0.0594. The maximum absolute atomic E-state index is 11.2. The van der Waals surface area contributed by atoms with Gasteiger partial charge in [-0.25, -0.2) is 13.4 Å². The summed E-state index contributed by atoms with van der Waals surface area (Å²) in [5, 5.41) is 9.66. The topological polar surface area (TPSA) is 83.4 Å². The fourth-order valence-electron chi connectivity index (χ4n) is 1.96. The van der Waals surface area contributed by atoms with Gasteiger partial charge in [-0.3, -0.25) is 4.99 Å². The minimum atomic E-state index is -2.92. The lowest BCUT2D eigenvalue weighted by molar-refractivity contribution is 0.581. The molecule has 0 aliphatic carbocycles. The summed E-state index contributed by atoms with van der Waals surface area (Å²) in [6.45, 7) is 7.47. The first-order chi connectivity index (χ1) is 10.8. The SMILES string of the molecule is CCNC(=NCCCc1nc(C)cs1)NC(C)CCS(C)(=O)=O.I. The van der Waals surface area contributed by atoms with Crippen LogP contribution in [0.3, 0.4) is 0 Å². The fraction of sp³-hybridized carbons (Fsp3) is 0.733. The van der Waals surface area contributed by atoms with Crippen LogP contribution in [0.1, 0.15) is 37.4 Å². The van der Waals surface area contributed by atoms with E-state index in [1.165, 1.54) is 6.26 Å². The van der Waals surface area contributed by atoms with Crippen molar-refractivity contribution in [1.82, 2.24) is 15.6 Å². The number of halogens is 1. The molecule has 0 spiro atoms. The second-order valence-electron chi connectivity index (χ2n) is 5.71. The predicted molar refractivity (Wildman–Crippen MR) is 113 cm³/mol. The van der Waals surface area contributed by atoms with Gasteiger partial charge in [0.05, 0.1) is 10.8 Å². The average Bonchev–Trinajstić information content (AvgIpc) is 2.86. The maximum Gasteiger partial charge on any atom is 0.191 e. The van der Waals surface area contributed by atoms with Crippen LogP contribution in [0.5, 0.6) is 0 Å². The lowest BCUT2D eigenvalue weighted by Crippen LogP contribution is -2.42. The van der Waals surface area contributed by atoms with Gasteiger partial charge in [0, 0.05) is 42.9 Å². The number of hydrogen-bond donors (Lipinski definition) is 2. The molecule has 24 heavy (non-hydrogen) atoms. The zero-order valence-corrected chi connectivity index (χ0v) is 18.8. The van der Waals surface area contributed by atoms with Crippen LogP contribution in [0.15, 0.2) is 10.4 Å². The van der Waals surface area contributed by atoms with Crippen molar-refractivity contribution in [3.63, 3.8) is 0 Å². The number of sulfone groups is 1. The van der Waals surface area contributed by atoms with Crippen LogP contribution in [0.4, 0.5) is 0 Å². The average molecular weight is 488 g/mol. The zero-order valence-electron chi connectivity index (χ0n) is 14.8. The van der Waals surface area contributed by atoms with Crippen molar-refractivity contribution in [3.8, 4) is 0 Å². The minimum Gasteiger partial charge on any atom is -0.357 e. The van der Waals surface area contributed by atoms with Crippen LogP contribution in [-0.4, -0.2) is 50.5 Å². The van der Waals surface area contributed by atoms with Crippen LogP contribution in [0.2, 0.25) is 0 Å². The first kappa shape index (κ1) is 23.6. The third-order valence-electron chi connectivity index (χ3n) is 3.13. The summed E-state index contributed by atoms with van der Waals surface area (Å²) in [6.07, 6.45) is 3.72. The van der Waals surface area contributed by atoms with Gasteiger partial charge in [0.15, 0.2) is 5.96 Å². The zero-order chi connectivity index (χ0) is 17.3. The van der Waals surface area contributed by atoms with Crippen LogP contribution >= 0.6 is 35.3 Å². The van der Waals surface area contributed by atoms with E-state index in [9.17, 15) is 8.42 Å². The second kappa shape index (κ2) is 12.0. The number of nitrogens with zero attached hydrogens (tertiary/aromatic N) is 2. The van der Waals surface area contributed by atoms with Gasteiger partial charge in [-0.15, -0.1) is 35.3 Å². The number of guanidine groups is 1. The number of rotatable bonds is 9. The van der Waals surface area contributed by atoms with Crippen molar-refractivity contribution in [2.24, 2.45) is 4.99 Å². The normalized spacial score (nSPS) is 13.2. The molecule has 6 nitrogen and oxygen atoms in total. The van der Waals surface area contributed by atoms with E-state index in [2.05, 4.69) is 26.0 Å². The van der Waals surface area contributed by atoms with Crippen molar-refractivity contribution in [2.45, 2.75) is 46.1 Å². The molecule has 1 unspecified atom stereocenters. The predicted octanol–water partition coefficient (Wildman–Crippen LogP) is 2.38. The van der Waals surface area contributed by atoms with Gasteiger partial charge in [0.25, 0.3) is 0 Å². The molecule has 0 saturated heterocycles. The summed E-state index contributed by atoms with van der Waals surface area (Å²) in [7, 11) is -2.92. The number of aromatic nitrogens is 1. The van der Waals surface area contributed by atoms with Crippen molar-refractivity contribution >= 4 is 51.1 Å². The van der Waals surface area contributed by atoms with E-state index in [0.717, 1.165) is 36.0 Å². The first-order valence-electron chi connectivity index (χ1n) is 7.93. The molecular formula is C15H29IN4O2S2. The Morgan fingerprint density at radius 2 is 2.17 bits per heavy atom. The number of hydrogen-bond acceptors (Lipinski definition) is 5. The number of aryl methyl sites for hydroxylation is 2. The molecular weight excluding hydrogens is 459 g/mol. The van der Waals surface area contributed by atoms with E-state index in [-0.39, 0.29) is 35.8 Å². The minimum absolute atomic E-state index is 0. The molecule has 1 aromatic rings. The van der Waals surface area contributed by atoms with Crippen LogP contribution in [0.25, 0.3) is 0 Å². The van der Waals surface area contributed by atoms with Gasteiger partial charge in [-0.1, -0.05) is 0 Å². The molecule has 0 bridgehead atoms. The molecule has 9 heteroatoms. The largest absolute Gasteiger partial charge is 0.357 e. The number of nitrogens with one attached hydrogen (secondary N) is 2. The smallest absolute Gasteiger partial charge is 0.191 e. The molecule has 0 fully saturated rings. The molecule has 1 aromatic heterocycles. The lowest BCUT2D eigenvalue weighted by Gasteiger charge is -2.17. The van der Waals surface area contributed by atoms with Crippen molar-refractivity contribution < 1.29 is 8.42 Å². The van der Waals surface area contributed by atoms with E-state index in [1.54, 1.807) is 11.3 Å². The van der Waals surface area contributed by atoms with Crippen molar-refractivity contribution in [3.05, 3.63) is 16.1 Å². The van der Waals surface area contributed by atoms with E-state index in [0.29, 0.717) is 13.0 Å². The molecule has 1 atom stereocenters. The van der Waals surface area contributed by atoms with Gasteiger partial charge in [0.1, 0.15) is 9.84 Å². The molecule has 2 N–H and O–H groups in total. The van der Waals surface area contributed by atoms with Crippen molar-refractivity contribution in [2.75, 3.05) is 25.1 Å². The van der Waals surface area contributed by atoms with Gasteiger partial charge in [0.2, 0.25) is 0 Å². The van der Waals surface area contributed by atoms with E-state index in [4.69, 9.17) is 0 Å². The van der Waals surface area contributed by atoms with E-state index in [1.807, 2.05) is 20.8 Å². The highest BCUT2D eigenvalue weighted by Crippen LogP contribution is 2.10. The quantitative estimate of drug-likeness (QED) is 0.241. The summed E-state index contributed by atoms with van der Waals surface area (Å²) in [5.74, 6) is 0.924. The van der Waals surface area contributed by atoms with Crippen molar-refractivity contribution in [1.29, 1.82) is 0 Å². The third kappa shape index (κ3) is 11.2. The molecule has 0 aromatic carbocycles. The monoisotopic (exact) mass is 488 g/mol. The van der Waals surface area contributed by atoms with Gasteiger partial charge < -0.3 is 10.6 Å². The Kier molecular flexibility index (Phi) is 11.8. The highest BCUT2D eigenvalue weighted by Gasteiger charge is 2.09. The summed E-state index contributed by atoms with van der Waals surface area (Å²) < 4.78 is 22.4. The summed E-state index contributed by atoms with van der Waals surface area (Å²) in [4.78, 5) is 8.98.